The highest BCUT2D eigenvalue weighted by atomic mass is 16.4. The van der Waals surface area contributed by atoms with Crippen LogP contribution in [-0.2, 0) is 4.79 Å². The Morgan fingerprint density at radius 3 is 2.50 bits per heavy atom. The first kappa shape index (κ1) is 13.1. The van der Waals surface area contributed by atoms with Crippen molar-refractivity contribution in [2.75, 3.05) is 33.2 Å². The number of carbonyl (C=O) groups excluding carboxylic acids is 1. The Bertz CT molecular complexity index is 347. The molecule has 2 aliphatic heterocycles. The number of hydrogen-bond donors (Lipinski definition) is 1. The van der Waals surface area contributed by atoms with Crippen LogP contribution < -0.4 is 0 Å². The molecule has 2 heterocycles. The fourth-order valence-electron chi connectivity index (χ4n) is 2.84. The molecule has 2 rings (SSSR count). The van der Waals surface area contributed by atoms with Crippen molar-refractivity contribution in [1.29, 1.82) is 0 Å². The van der Waals surface area contributed by atoms with Crippen LogP contribution in [0.25, 0.3) is 0 Å². The highest BCUT2D eigenvalue weighted by Crippen LogP contribution is 2.21. The summed E-state index contributed by atoms with van der Waals surface area (Å²) in [7, 11) is 2.04. The van der Waals surface area contributed by atoms with E-state index in [0.29, 0.717) is 19.5 Å². The van der Waals surface area contributed by atoms with E-state index in [9.17, 15) is 9.59 Å². The molecule has 102 valence electrons. The Morgan fingerprint density at radius 2 is 1.89 bits per heavy atom. The number of aliphatic carboxylic acids is 1. The number of carboxylic acid groups (broad SMARTS) is 1. The summed E-state index contributed by atoms with van der Waals surface area (Å²) in [5.41, 5.74) is 0. The maximum absolute atomic E-state index is 12.4. The lowest BCUT2D eigenvalue weighted by atomic mass is 10.2. The predicted molar refractivity (Wildman–Crippen MR) is 66.4 cm³/mol. The molecule has 0 aromatic heterocycles. The minimum atomic E-state index is -0.886. The number of nitrogens with zero attached hydrogens (tertiary/aromatic N) is 3. The van der Waals surface area contributed by atoms with Crippen LogP contribution >= 0.6 is 0 Å². The number of rotatable bonds is 1. The largest absolute Gasteiger partial charge is 0.480 e. The molecule has 6 nitrogen and oxygen atoms in total. The van der Waals surface area contributed by atoms with E-state index in [2.05, 4.69) is 4.90 Å². The second-order valence-corrected chi connectivity index (χ2v) is 5.28. The van der Waals surface area contributed by atoms with Crippen molar-refractivity contribution >= 4 is 12.0 Å². The van der Waals surface area contributed by atoms with Crippen LogP contribution in [0.5, 0.6) is 0 Å². The Labute approximate surface area is 107 Å². The lowest BCUT2D eigenvalue weighted by Gasteiger charge is -2.40. The van der Waals surface area contributed by atoms with Crippen LogP contribution in [0, 0.1) is 0 Å². The zero-order chi connectivity index (χ0) is 13.3. The number of likely N-dealkylation sites (tertiary alicyclic amines) is 1. The summed E-state index contributed by atoms with van der Waals surface area (Å²) in [5.74, 6) is -0.886. The molecule has 0 aromatic carbocycles. The molecule has 2 saturated heterocycles. The molecule has 2 amide bonds. The average Bonchev–Trinajstić information content (AvgIpc) is 2.77. The minimum absolute atomic E-state index is 0.111. The number of carboxylic acids is 1. The molecule has 0 saturated carbocycles. The number of likely N-dealkylation sites (N-methyl/N-ethyl adjacent to an activating group) is 1. The Hall–Kier alpha value is -1.30. The fourth-order valence-corrected chi connectivity index (χ4v) is 2.84. The molecule has 2 fully saturated rings. The van der Waals surface area contributed by atoms with E-state index in [1.54, 1.807) is 4.90 Å². The Balaban J connectivity index is 2.04. The molecule has 2 aliphatic rings. The van der Waals surface area contributed by atoms with Crippen molar-refractivity contribution in [3.63, 3.8) is 0 Å². The van der Waals surface area contributed by atoms with Gasteiger partial charge < -0.3 is 19.8 Å². The number of carbonyl (C=O) groups is 2. The molecular formula is C12H21N3O3. The third kappa shape index (κ3) is 2.43. The summed E-state index contributed by atoms with van der Waals surface area (Å²) in [6, 6.07) is -0.601. The van der Waals surface area contributed by atoms with Gasteiger partial charge in [0.25, 0.3) is 0 Å². The molecule has 18 heavy (non-hydrogen) atoms. The molecule has 1 unspecified atom stereocenters. The number of urea groups is 1. The first-order valence-corrected chi connectivity index (χ1v) is 6.49. The fraction of sp³-hybridized carbons (Fsp3) is 0.833. The van der Waals surface area contributed by atoms with E-state index >= 15 is 0 Å². The second kappa shape index (κ2) is 5.14. The standard InChI is InChI=1S/C12H21N3O3/c1-9-8-13(2)6-7-14(9)12(18)15-5-3-4-10(15)11(16)17/h9-10H,3-8H2,1-2H3,(H,16,17)/t9?,10-/m1/s1. The van der Waals surface area contributed by atoms with Crippen LogP contribution in [0.3, 0.4) is 0 Å². The van der Waals surface area contributed by atoms with Gasteiger partial charge in [-0.2, -0.15) is 0 Å². The van der Waals surface area contributed by atoms with Gasteiger partial charge in [-0.05, 0) is 26.8 Å². The van der Waals surface area contributed by atoms with Crippen LogP contribution in [0.2, 0.25) is 0 Å². The van der Waals surface area contributed by atoms with Gasteiger partial charge in [-0.1, -0.05) is 0 Å². The van der Waals surface area contributed by atoms with Gasteiger partial charge in [0.2, 0.25) is 0 Å². The van der Waals surface area contributed by atoms with Crippen LogP contribution in [0.15, 0.2) is 0 Å². The average molecular weight is 255 g/mol. The Kier molecular flexibility index (Phi) is 3.75. The van der Waals surface area contributed by atoms with Crippen LogP contribution in [0.4, 0.5) is 4.79 Å². The van der Waals surface area contributed by atoms with E-state index < -0.39 is 12.0 Å². The number of amides is 2. The molecule has 0 aliphatic carbocycles. The first-order chi connectivity index (χ1) is 8.50. The van der Waals surface area contributed by atoms with Gasteiger partial charge in [0.15, 0.2) is 0 Å². The molecule has 0 spiro atoms. The third-order valence-corrected chi connectivity index (χ3v) is 3.86. The normalized spacial score (nSPS) is 29.7. The molecular weight excluding hydrogens is 234 g/mol. The molecule has 0 aromatic rings. The van der Waals surface area contributed by atoms with Crippen molar-refractivity contribution in [1.82, 2.24) is 14.7 Å². The van der Waals surface area contributed by atoms with Gasteiger partial charge in [-0.15, -0.1) is 0 Å². The lowest BCUT2D eigenvalue weighted by molar-refractivity contribution is -0.141. The van der Waals surface area contributed by atoms with Crippen molar-refractivity contribution < 1.29 is 14.7 Å². The van der Waals surface area contributed by atoms with Gasteiger partial charge >= 0.3 is 12.0 Å². The number of hydrogen-bond acceptors (Lipinski definition) is 3. The SMILES string of the molecule is CC1CN(C)CCN1C(=O)N1CCC[C@@H]1C(=O)O. The van der Waals surface area contributed by atoms with Gasteiger partial charge in [-0.25, -0.2) is 9.59 Å². The summed E-state index contributed by atoms with van der Waals surface area (Å²) in [6.07, 6.45) is 1.36. The summed E-state index contributed by atoms with van der Waals surface area (Å²) >= 11 is 0. The molecule has 1 N–H and O–H groups in total. The lowest BCUT2D eigenvalue weighted by Crippen LogP contribution is -2.57. The van der Waals surface area contributed by atoms with E-state index in [1.807, 2.05) is 14.0 Å². The van der Waals surface area contributed by atoms with Gasteiger partial charge in [0.1, 0.15) is 6.04 Å². The van der Waals surface area contributed by atoms with Crippen molar-refractivity contribution in [3.8, 4) is 0 Å². The first-order valence-electron chi connectivity index (χ1n) is 6.49. The zero-order valence-electron chi connectivity index (χ0n) is 11.0. The van der Waals surface area contributed by atoms with E-state index in [4.69, 9.17) is 5.11 Å². The predicted octanol–water partition coefficient (Wildman–Crippen LogP) is 0.291. The molecule has 2 atom stereocenters. The van der Waals surface area contributed by atoms with Crippen LogP contribution in [0.1, 0.15) is 19.8 Å². The monoisotopic (exact) mass is 255 g/mol. The highest BCUT2D eigenvalue weighted by molar-refractivity contribution is 5.83. The van der Waals surface area contributed by atoms with Gasteiger partial charge in [-0.3, -0.25) is 0 Å². The van der Waals surface area contributed by atoms with Crippen molar-refractivity contribution in [2.45, 2.75) is 31.8 Å². The highest BCUT2D eigenvalue weighted by Gasteiger charge is 2.38. The molecule has 6 heteroatoms. The minimum Gasteiger partial charge on any atom is -0.480 e. The van der Waals surface area contributed by atoms with Gasteiger partial charge in [0.05, 0.1) is 0 Å². The molecule has 0 radical (unpaired) electrons. The summed E-state index contributed by atoms with van der Waals surface area (Å²) in [6.45, 7) is 4.95. The van der Waals surface area contributed by atoms with Gasteiger partial charge in [0, 0.05) is 32.2 Å². The maximum Gasteiger partial charge on any atom is 0.326 e. The van der Waals surface area contributed by atoms with Crippen LogP contribution in [-0.4, -0.2) is 77.1 Å². The zero-order valence-corrected chi connectivity index (χ0v) is 11.0. The number of piperazine rings is 1. The topological polar surface area (TPSA) is 64.1 Å². The van der Waals surface area contributed by atoms with Crippen molar-refractivity contribution in [2.24, 2.45) is 0 Å². The third-order valence-electron chi connectivity index (χ3n) is 3.86. The van der Waals surface area contributed by atoms with E-state index in [1.165, 1.54) is 4.90 Å². The van der Waals surface area contributed by atoms with Crippen molar-refractivity contribution in [3.05, 3.63) is 0 Å². The quantitative estimate of drug-likeness (QED) is 0.731. The summed E-state index contributed by atoms with van der Waals surface area (Å²) in [4.78, 5) is 29.0. The second-order valence-electron chi connectivity index (χ2n) is 5.28. The summed E-state index contributed by atoms with van der Waals surface area (Å²) < 4.78 is 0. The van der Waals surface area contributed by atoms with E-state index in [-0.39, 0.29) is 12.1 Å². The maximum atomic E-state index is 12.4. The summed E-state index contributed by atoms with van der Waals surface area (Å²) in [5, 5.41) is 9.12. The Morgan fingerprint density at radius 1 is 1.17 bits per heavy atom. The van der Waals surface area contributed by atoms with E-state index in [0.717, 1.165) is 19.5 Å². The smallest absolute Gasteiger partial charge is 0.326 e. The molecule has 0 bridgehead atoms.